The van der Waals surface area contributed by atoms with E-state index < -0.39 is 53.9 Å². The molecule has 0 unspecified atom stereocenters. The molecule has 0 bridgehead atoms. The number of rotatable bonds is 16. The Morgan fingerprint density at radius 3 is 2.08 bits per heavy atom. The van der Waals surface area contributed by atoms with E-state index in [1.165, 1.54) is 24.3 Å². The second kappa shape index (κ2) is 16.2. The van der Waals surface area contributed by atoms with Crippen LogP contribution >= 0.6 is 23.2 Å². The zero-order chi connectivity index (χ0) is 37.5. The highest BCUT2D eigenvalue weighted by Crippen LogP contribution is 2.48. The van der Waals surface area contributed by atoms with Gasteiger partial charge < -0.3 is 31.1 Å². The summed E-state index contributed by atoms with van der Waals surface area (Å²) >= 11 is 11.8. The van der Waals surface area contributed by atoms with Gasteiger partial charge in [-0.15, -0.1) is 0 Å². The van der Waals surface area contributed by atoms with Gasteiger partial charge in [0.25, 0.3) is 11.8 Å². The molecule has 1 atom stereocenters. The number of carboxylic acid groups (broad SMARTS) is 1. The van der Waals surface area contributed by atoms with Gasteiger partial charge in [-0.3, -0.25) is 14.4 Å². The molecule has 52 heavy (non-hydrogen) atoms. The number of halogens is 5. The van der Waals surface area contributed by atoms with Gasteiger partial charge >= 0.3 is 18.2 Å². The number of anilines is 3. The van der Waals surface area contributed by atoms with Crippen molar-refractivity contribution in [3.05, 3.63) is 99.5 Å². The lowest BCUT2D eigenvalue weighted by molar-refractivity contribution is -0.154. The van der Waals surface area contributed by atoms with Crippen LogP contribution in [0.15, 0.2) is 72.8 Å². The van der Waals surface area contributed by atoms with Crippen molar-refractivity contribution in [2.24, 2.45) is 0 Å². The van der Waals surface area contributed by atoms with Crippen LogP contribution in [-0.2, 0) is 26.3 Å². The number of alkyl halides is 3. The van der Waals surface area contributed by atoms with Gasteiger partial charge in [0.05, 0.1) is 5.54 Å². The smallest absolute Gasteiger partial charge is 0.422 e. The van der Waals surface area contributed by atoms with E-state index in [0.29, 0.717) is 34.1 Å². The lowest BCUT2D eigenvalue weighted by Crippen LogP contribution is -2.43. The van der Waals surface area contributed by atoms with Gasteiger partial charge in [-0.05, 0) is 78.9 Å². The van der Waals surface area contributed by atoms with Crippen LogP contribution in [0.2, 0.25) is 10.0 Å². The maximum Gasteiger partial charge on any atom is 0.422 e. The second-order valence-electron chi connectivity index (χ2n) is 11.7. The van der Waals surface area contributed by atoms with Crippen LogP contribution in [0.1, 0.15) is 40.7 Å². The molecule has 1 aromatic heterocycles. The molecule has 5 N–H and O–H groups in total. The number of nitrogens with zero attached hydrogens (tertiary/aromatic N) is 3. The SMILES string of the molecule is O=C(Cc1ccc(Cl)cc1)C(=O)NCC[C@@H](NC(=O)c1ccc(Nc2nc(NC3(c4ccc(Cl)cc4)CC3)nc(OCC(F)(F)F)n2)cc1)C(=O)O. The number of hydrogen-bond acceptors (Lipinski definition) is 10. The fraction of sp³-hybridized carbons (Fsp3) is 0.265. The van der Waals surface area contributed by atoms with Crippen molar-refractivity contribution in [3.8, 4) is 6.01 Å². The minimum Gasteiger partial charge on any atom is -0.480 e. The molecule has 2 amide bonds. The predicted octanol–water partition coefficient (Wildman–Crippen LogP) is 5.47. The first kappa shape index (κ1) is 37.8. The van der Waals surface area contributed by atoms with Crippen LogP contribution < -0.4 is 26.0 Å². The molecule has 1 saturated carbocycles. The van der Waals surface area contributed by atoms with Crippen molar-refractivity contribution in [1.82, 2.24) is 25.6 Å². The van der Waals surface area contributed by atoms with Crippen molar-refractivity contribution in [2.45, 2.75) is 43.4 Å². The summed E-state index contributed by atoms with van der Waals surface area (Å²) < 4.78 is 43.5. The van der Waals surface area contributed by atoms with Gasteiger partial charge in [0.1, 0.15) is 6.04 Å². The highest BCUT2D eigenvalue weighted by atomic mass is 35.5. The minimum atomic E-state index is -4.64. The average molecular weight is 761 g/mol. The van der Waals surface area contributed by atoms with E-state index in [9.17, 15) is 37.5 Å². The van der Waals surface area contributed by atoms with Crippen molar-refractivity contribution in [1.29, 1.82) is 0 Å². The summed E-state index contributed by atoms with van der Waals surface area (Å²) in [4.78, 5) is 61.4. The summed E-state index contributed by atoms with van der Waals surface area (Å²) in [5.74, 6) is -3.93. The molecular formula is C34H30Cl2F3N7O6. The zero-order valence-electron chi connectivity index (χ0n) is 27.0. The van der Waals surface area contributed by atoms with Crippen molar-refractivity contribution in [2.75, 3.05) is 23.8 Å². The minimum absolute atomic E-state index is 0.0417. The van der Waals surface area contributed by atoms with E-state index in [1.807, 2.05) is 12.1 Å². The van der Waals surface area contributed by atoms with Gasteiger partial charge in [0, 0.05) is 34.3 Å². The normalized spacial score (nSPS) is 13.7. The highest BCUT2D eigenvalue weighted by Gasteiger charge is 2.45. The summed E-state index contributed by atoms with van der Waals surface area (Å²) in [6.07, 6.45) is -3.62. The Morgan fingerprint density at radius 1 is 0.865 bits per heavy atom. The Kier molecular flexibility index (Phi) is 11.8. The number of carbonyl (C=O) groups is 4. The molecule has 1 aliphatic carbocycles. The number of nitrogens with one attached hydrogen (secondary N) is 4. The third kappa shape index (κ3) is 10.8. The standard InChI is InChI=1S/C34H30Cl2F3N7O6/c35-22-7-1-19(2-8-22)17-26(47)28(49)40-16-13-25(29(50)51)42-27(48)20-3-11-24(12-4-20)41-30-43-31(45-32(44-30)52-18-34(37,38)39)46-33(14-15-33)21-5-9-23(36)10-6-21/h1-12,25H,13-18H2,(H,40,49)(H,42,48)(H,50,51)(H2,41,43,44,45,46)/t25-/m1/s1. The van der Waals surface area contributed by atoms with E-state index in [1.54, 1.807) is 36.4 Å². The Hall–Kier alpha value is -5.48. The Labute approximate surface area is 304 Å². The zero-order valence-corrected chi connectivity index (χ0v) is 28.5. The largest absolute Gasteiger partial charge is 0.480 e. The number of carbonyl (C=O) groups excluding carboxylic acids is 3. The number of carboxylic acids is 1. The number of ketones is 1. The van der Waals surface area contributed by atoms with Gasteiger partial charge in [0.2, 0.25) is 17.7 Å². The highest BCUT2D eigenvalue weighted by molar-refractivity contribution is 6.36. The number of benzene rings is 3. The van der Waals surface area contributed by atoms with E-state index >= 15 is 0 Å². The fourth-order valence-corrected chi connectivity index (χ4v) is 5.15. The summed E-state index contributed by atoms with van der Waals surface area (Å²) in [5.41, 5.74) is 1.30. The molecule has 4 aromatic rings. The molecule has 5 rings (SSSR count). The molecule has 1 aliphatic rings. The van der Waals surface area contributed by atoms with Gasteiger partial charge in [-0.2, -0.15) is 28.1 Å². The Morgan fingerprint density at radius 2 is 1.48 bits per heavy atom. The van der Waals surface area contributed by atoms with Crippen molar-refractivity contribution < 1.29 is 42.2 Å². The summed E-state index contributed by atoms with van der Waals surface area (Å²) in [5, 5.41) is 21.4. The first-order valence-corrected chi connectivity index (χ1v) is 16.4. The van der Waals surface area contributed by atoms with E-state index in [4.69, 9.17) is 27.9 Å². The van der Waals surface area contributed by atoms with E-state index in [0.717, 1.165) is 5.56 Å². The maximum atomic E-state index is 12.9. The third-order valence-electron chi connectivity index (χ3n) is 7.73. The lowest BCUT2D eigenvalue weighted by Gasteiger charge is -2.19. The second-order valence-corrected chi connectivity index (χ2v) is 12.6. The topological polar surface area (TPSA) is 185 Å². The number of amides is 2. The monoisotopic (exact) mass is 759 g/mol. The maximum absolute atomic E-state index is 12.9. The number of hydrogen-bond donors (Lipinski definition) is 5. The summed E-state index contributed by atoms with van der Waals surface area (Å²) in [6, 6.07) is 17.1. The molecular weight excluding hydrogens is 730 g/mol. The van der Waals surface area contributed by atoms with Gasteiger partial charge in [0.15, 0.2) is 6.61 Å². The Balaban J connectivity index is 1.19. The molecule has 1 fully saturated rings. The molecule has 1 heterocycles. The number of aliphatic carboxylic acids is 1. The summed E-state index contributed by atoms with van der Waals surface area (Å²) in [6.45, 7) is -1.84. The third-order valence-corrected chi connectivity index (χ3v) is 8.24. The first-order chi connectivity index (χ1) is 24.7. The molecule has 0 saturated heterocycles. The lowest BCUT2D eigenvalue weighted by atomic mass is 10.1. The van der Waals surface area contributed by atoms with Crippen LogP contribution in [0.4, 0.5) is 30.8 Å². The van der Waals surface area contributed by atoms with Crippen LogP contribution in [-0.4, -0.2) is 69.0 Å². The molecule has 0 radical (unpaired) electrons. The van der Waals surface area contributed by atoms with Crippen LogP contribution in [0, 0.1) is 0 Å². The molecule has 3 aromatic carbocycles. The van der Waals surface area contributed by atoms with Gasteiger partial charge in [-0.1, -0.05) is 47.5 Å². The van der Waals surface area contributed by atoms with Crippen LogP contribution in [0.25, 0.3) is 0 Å². The van der Waals surface area contributed by atoms with Crippen LogP contribution in [0.5, 0.6) is 6.01 Å². The van der Waals surface area contributed by atoms with E-state index in [2.05, 4.69) is 36.2 Å². The first-order valence-electron chi connectivity index (χ1n) is 15.6. The van der Waals surface area contributed by atoms with Gasteiger partial charge in [-0.25, -0.2) is 4.79 Å². The number of ether oxygens (including phenoxy) is 1. The molecule has 0 aliphatic heterocycles. The molecule has 18 heteroatoms. The van der Waals surface area contributed by atoms with Crippen LogP contribution in [0.3, 0.4) is 0 Å². The fourth-order valence-electron chi connectivity index (χ4n) is 4.90. The van der Waals surface area contributed by atoms with Crippen molar-refractivity contribution in [3.63, 3.8) is 0 Å². The number of Topliss-reactive ketones (excluding diaryl/α,β-unsaturated/α-hetero) is 1. The molecule has 272 valence electrons. The molecule has 0 spiro atoms. The Bertz CT molecular complexity index is 1930. The van der Waals surface area contributed by atoms with Crippen molar-refractivity contribution >= 4 is 64.4 Å². The quantitative estimate of drug-likeness (QED) is 0.0914. The summed E-state index contributed by atoms with van der Waals surface area (Å²) in [7, 11) is 0. The predicted molar refractivity (Wildman–Crippen MR) is 184 cm³/mol. The molecule has 13 nitrogen and oxygen atoms in total. The average Bonchev–Trinajstić information content (AvgIpc) is 3.88. The number of aromatic nitrogens is 3. The van der Waals surface area contributed by atoms with E-state index in [-0.39, 0.29) is 36.8 Å².